The molecule has 2 aromatic rings. The van der Waals surface area contributed by atoms with Crippen LogP contribution in [-0.2, 0) is 4.79 Å². The Labute approximate surface area is 140 Å². The van der Waals surface area contributed by atoms with Crippen LogP contribution in [0.4, 0.5) is 0 Å². The van der Waals surface area contributed by atoms with E-state index in [0.717, 1.165) is 22.6 Å². The van der Waals surface area contributed by atoms with Gasteiger partial charge < -0.3 is 5.32 Å². The molecule has 0 fully saturated rings. The minimum Gasteiger partial charge on any atom is -0.342 e. The van der Waals surface area contributed by atoms with E-state index in [9.17, 15) is 4.79 Å². The molecule has 1 amide bonds. The number of H-pyrrole nitrogens is 1. The zero-order valence-corrected chi connectivity index (χ0v) is 14.1. The maximum atomic E-state index is 12.2. The lowest BCUT2D eigenvalue weighted by Gasteiger charge is -2.17. The summed E-state index contributed by atoms with van der Waals surface area (Å²) in [6.07, 6.45) is 2.55. The van der Waals surface area contributed by atoms with E-state index in [0.29, 0.717) is 5.92 Å². The first kappa shape index (κ1) is 17.1. The predicted octanol–water partition coefficient (Wildman–Crippen LogP) is 3.22. The van der Waals surface area contributed by atoms with Gasteiger partial charge in [0.05, 0.1) is 17.0 Å². The summed E-state index contributed by atoms with van der Waals surface area (Å²) in [5.74, 6) is 0.324. The smallest absolute Gasteiger partial charge is 0.234 e. The highest BCUT2D eigenvalue weighted by Gasteiger charge is 2.20. The molecule has 0 aliphatic rings. The van der Waals surface area contributed by atoms with Crippen molar-refractivity contribution < 1.29 is 4.79 Å². The molecular formula is C17H20N4OS. The van der Waals surface area contributed by atoms with Crippen molar-refractivity contribution >= 4 is 17.7 Å². The lowest BCUT2D eigenvalue weighted by Crippen LogP contribution is -2.33. The van der Waals surface area contributed by atoms with E-state index >= 15 is 0 Å². The van der Waals surface area contributed by atoms with Crippen LogP contribution in [0.3, 0.4) is 0 Å². The fraction of sp³-hybridized carbons (Fsp3) is 0.353. The normalized spacial score (nSPS) is 11.9. The van der Waals surface area contributed by atoms with Gasteiger partial charge in [0.15, 0.2) is 0 Å². The van der Waals surface area contributed by atoms with Crippen LogP contribution < -0.4 is 5.32 Å². The average Bonchev–Trinajstić information content (AvgIpc) is 3.06. The minimum atomic E-state index is -0.195. The molecule has 1 heterocycles. The SMILES string of the molecule is CC(C)CC(Sc1ccc(-c2cc[nH]n2)cc1)C(=O)NCC#N. The van der Waals surface area contributed by atoms with E-state index < -0.39 is 0 Å². The quantitative estimate of drug-likeness (QED) is 0.604. The van der Waals surface area contributed by atoms with Crippen molar-refractivity contribution in [1.29, 1.82) is 5.26 Å². The van der Waals surface area contributed by atoms with Crippen LogP contribution in [0.5, 0.6) is 0 Å². The monoisotopic (exact) mass is 328 g/mol. The highest BCUT2D eigenvalue weighted by Crippen LogP contribution is 2.29. The fourth-order valence-corrected chi connectivity index (χ4v) is 3.46. The lowest BCUT2D eigenvalue weighted by atomic mass is 10.1. The molecule has 1 aromatic heterocycles. The number of carbonyl (C=O) groups excluding carboxylic acids is 1. The van der Waals surface area contributed by atoms with Gasteiger partial charge in [0.1, 0.15) is 6.54 Å². The lowest BCUT2D eigenvalue weighted by molar-refractivity contribution is -0.120. The second-order valence-electron chi connectivity index (χ2n) is 5.60. The summed E-state index contributed by atoms with van der Waals surface area (Å²) in [5, 5.41) is 18.0. The zero-order valence-electron chi connectivity index (χ0n) is 13.2. The molecule has 0 aliphatic carbocycles. The van der Waals surface area contributed by atoms with E-state index in [4.69, 9.17) is 5.26 Å². The molecule has 23 heavy (non-hydrogen) atoms. The molecule has 2 N–H and O–H groups in total. The highest BCUT2D eigenvalue weighted by molar-refractivity contribution is 8.00. The summed E-state index contributed by atoms with van der Waals surface area (Å²) in [6.45, 7) is 4.23. The van der Waals surface area contributed by atoms with Gasteiger partial charge in [-0.05, 0) is 30.5 Å². The Morgan fingerprint density at radius 1 is 1.35 bits per heavy atom. The van der Waals surface area contributed by atoms with Gasteiger partial charge in [-0.15, -0.1) is 11.8 Å². The molecule has 1 aromatic carbocycles. The van der Waals surface area contributed by atoms with Crippen molar-refractivity contribution in [3.05, 3.63) is 36.5 Å². The Morgan fingerprint density at radius 2 is 2.09 bits per heavy atom. The number of amides is 1. The zero-order chi connectivity index (χ0) is 16.7. The number of nitrogens with one attached hydrogen (secondary N) is 2. The van der Waals surface area contributed by atoms with E-state index in [1.165, 1.54) is 11.8 Å². The Hall–Kier alpha value is -2.26. The molecule has 2 rings (SSSR count). The van der Waals surface area contributed by atoms with E-state index in [-0.39, 0.29) is 17.7 Å². The van der Waals surface area contributed by atoms with E-state index in [1.807, 2.05) is 36.4 Å². The molecule has 0 radical (unpaired) electrons. The number of hydrogen-bond acceptors (Lipinski definition) is 4. The van der Waals surface area contributed by atoms with Crippen LogP contribution in [0, 0.1) is 17.2 Å². The van der Waals surface area contributed by atoms with Crippen LogP contribution >= 0.6 is 11.8 Å². The molecular weight excluding hydrogens is 308 g/mol. The topological polar surface area (TPSA) is 81.6 Å². The van der Waals surface area contributed by atoms with Crippen molar-refractivity contribution in [3.63, 3.8) is 0 Å². The van der Waals surface area contributed by atoms with Crippen LogP contribution in [0.15, 0.2) is 41.4 Å². The van der Waals surface area contributed by atoms with Crippen LogP contribution in [0.25, 0.3) is 11.3 Å². The molecule has 0 saturated heterocycles. The van der Waals surface area contributed by atoms with Crippen molar-refractivity contribution in [1.82, 2.24) is 15.5 Å². The Morgan fingerprint density at radius 3 is 2.65 bits per heavy atom. The number of hydrogen-bond donors (Lipinski definition) is 2. The summed E-state index contributed by atoms with van der Waals surface area (Å²) < 4.78 is 0. The first-order valence-corrected chi connectivity index (χ1v) is 8.39. The largest absolute Gasteiger partial charge is 0.342 e. The molecule has 0 bridgehead atoms. The Kier molecular flexibility index (Phi) is 6.24. The Balaban J connectivity index is 2.06. The molecule has 0 spiro atoms. The average molecular weight is 328 g/mol. The fourth-order valence-electron chi connectivity index (χ4n) is 2.17. The number of aromatic amines is 1. The number of nitriles is 1. The van der Waals surface area contributed by atoms with Gasteiger partial charge in [-0.25, -0.2) is 0 Å². The number of benzene rings is 1. The molecule has 0 aliphatic heterocycles. The van der Waals surface area contributed by atoms with Gasteiger partial charge in [-0.3, -0.25) is 9.89 Å². The maximum absolute atomic E-state index is 12.2. The van der Waals surface area contributed by atoms with Gasteiger partial charge in [-0.2, -0.15) is 10.4 Å². The first-order chi connectivity index (χ1) is 11.1. The minimum absolute atomic E-state index is 0.0477. The standard InChI is InChI=1S/C17H20N4OS/c1-12(2)11-16(17(22)19-10-8-18)23-14-5-3-13(4-6-14)15-7-9-20-21-15/h3-7,9,12,16H,10-11H2,1-2H3,(H,19,22)(H,20,21). The van der Waals surface area contributed by atoms with Crippen LogP contribution in [-0.4, -0.2) is 27.9 Å². The Bertz CT molecular complexity index is 659. The first-order valence-electron chi connectivity index (χ1n) is 7.51. The van der Waals surface area contributed by atoms with Crippen molar-refractivity contribution in [3.8, 4) is 17.3 Å². The summed E-state index contributed by atoms with van der Waals surface area (Å²) in [4.78, 5) is 13.2. The van der Waals surface area contributed by atoms with Gasteiger partial charge >= 0.3 is 0 Å². The third-order valence-electron chi connectivity index (χ3n) is 3.25. The van der Waals surface area contributed by atoms with Crippen LogP contribution in [0.2, 0.25) is 0 Å². The third-order valence-corrected chi connectivity index (χ3v) is 4.48. The highest BCUT2D eigenvalue weighted by atomic mass is 32.2. The van der Waals surface area contributed by atoms with Crippen molar-refractivity contribution in [2.24, 2.45) is 5.92 Å². The summed E-state index contributed by atoms with van der Waals surface area (Å²) >= 11 is 1.53. The molecule has 6 heteroatoms. The summed E-state index contributed by atoms with van der Waals surface area (Å²) in [6, 6.07) is 11.9. The van der Waals surface area contributed by atoms with Gasteiger partial charge in [0.2, 0.25) is 5.91 Å². The predicted molar refractivity (Wildman–Crippen MR) is 91.7 cm³/mol. The van der Waals surface area contributed by atoms with Crippen molar-refractivity contribution in [2.45, 2.75) is 30.4 Å². The van der Waals surface area contributed by atoms with Crippen LogP contribution in [0.1, 0.15) is 20.3 Å². The number of nitrogens with zero attached hydrogens (tertiary/aromatic N) is 2. The maximum Gasteiger partial charge on any atom is 0.234 e. The van der Waals surface area contributed by atoms with E-state index in [2.05, 4.69) is 29.4 Å². The summed E-state index contributed by atoms with van der Waals surface area (Å²) in [5.41, 5.74) is 1.93. The van der Waals surface area contributed by atoms with Gasteiger partial charge in [-0.1, -0.05) is 26.0 Å². The van der Waals surface area contributed by atoms with E-state index in [1.54, 1.807) is 6.20 Å². The number of carbonyl (C=O) groups is 1. The third kappa shape index (κ3) is 5.15. The van der Waals surface area contributed by atoms with Gasteiger partial charge in [0.25, 0.3) is 0 Å². The van der Waals surface area contributed by atoms with Gasteiger partial charge in [0, 0.05) is 16.7 Å². The summed E-state index contributed by atoms with van der Waals surface area (Å²) in [7, 11) is 0. The molecule has 5 nitrogen and oxygen atoms in total. The number of aromatic nitrogens is 2. The number of rotatable bonds is 7. The second kappa shape index (κ2) is 8.39. The number of thioether (sulfide) groups is 1. The molecule has 120 valence electrons. The molecule has 1 unspecified atom stereocenters. The molecule has 0 saturated carbocycles. The second-order valence-corrected chi connectivity index (χ2v) is 6.87. The molecule has 1 atom stereocenters. The van der Waals surface area contributed by atoms with Crippen molar-refractivity contribution in [2.75, 3.05) is 6.54 Å².